The van der Waals surface area contributed by atoms with Crippen molar-refractivity contribution < 1.29 is 18.0 Å². The van der Waals surface area contributed by atoms with Gasteiger partial charge in [-0.25, -0.2) is 13.2 Å². The molecule has 0 spiro atoms. The lowest BCUT2D eigenvalue weighted by Crippen LogP contribution is -2.26. The summed E-state index contributed by atoms with van der Waals surface area (Å²) in [6.07, 6.45) is 0.124. The third-order valence-corrected chi connectivity index (χ3v) is 2.70. The molecule has 1 fully saturated rings. The minimum atomic E-state index is -1.08. The molecule has 1 aliphatic rings. The van der Waals surface area contributed by atoms with Crippen LogP contribution in [0.3, 0.4) is 0 Å². The van der Waals surface area contributed by atoms with Crippen molar-refractivity contribution in [2.24, 2.45) is 0 Å². The Kier molecular flexibility index (Phi) is 2.84. The zero-order chi connectivity index (χ0) is 11.9. The largest absolute Gasteiger partial charge is 0.306 e. The summed E-state index contributed by atoms with van der Waals surface area (Å²) in [5.41, 5.74) is -0.497. The third-order valence-electron chi connectivity index (χ3n) is 2.36. The van der Waals surface area contributed by atoms with E-state index in [0.29, 0.717) is 12.1 Å². The van der Waals surface area contributed by atoms with E-state index >= 15 is 0 Å². The lowest BCUT2D eigenvalue weighted by Gasteiger charge is -2.17. The van der Waals surface area contributed by atoms with Crippen LogP contribution in [0.25, 0.3) is 0 Å². The van der Waals surface area contributed by atoms with Crippen LogP contribution in [-0.4, -0.2) is 17.7 Å². The molecule has 0 aromatic heterocycles. The standard InChI is InChI=1S/C10H8F3NOS/c11-5-1-7(12)10(8(13)2-5)14-4-6(16)3-9(14)15/h1-2,6,16H,3-4H2. The summed E-state index contributed by atoms with van der Waals surface area (Å²) in [6.45, 7) is 0.126. The molecule has 0 radical (unpaired) electrons. The van der Waals surface area contributed by atoms with Gasteiger partial charge in [-0.3, -0.25) is 4.79 Å². The van der Waals surface area contributed by atoms with Crippen LogP contribution in [0.1, 0.15) is 6.42 Å². The van der Waals surface area contributed by atoms with Gasteiger partial charge in [-0.2, -0.15) is 12.6 Å². The zero-order valence-corrected chi connectivity index (χ0v) is 8.98. The first-order chi connectivity index (χ1) is 7.49. The van der Waals surface area contributed by atoms with Crippen molar-refractivity contribution >= 4 is 24.2 Å². The van der Waals surface area contributed by atoms with Crippen molar-refractivity contribution in [1.29, 1.82) is 0 Å². The van der Waals surface area contributed by atoms with Crippen LogP contribution in [0, 0.1) is 17.5 Å². The molecule has 6 heteroatoms. The molecule has 16 heavy (non-hydrogen) atoms. The summed E-state index contributed by atoms with van der Waals surface area (Å²) in [7, 11) is 0. The van der Waals surface area contributed by atoms with Gasteiger partial charge in [0.25, 0.3) is 0 Å². The zero-order valence-electron chi connectivity index (χ0n) is 8.08. The first kappa shape index (κ1) is 11.3. The number of hydrogen-bond donors (Lipinski definition) is 1. The molecule has 1 heterocycles. The van der Waals surface area contributed by atoms with Gasteiger partial charge in [0.2, 0.25) is 5.91 Å². The van der Waals surface area contributed by atoms with Crippen LogP contribution in [0.4, 0.5) is 18.9 Å². The topological polar surface area (TPSA) is 20.3 Å². The predicted octanol–water partition coefficient (Wildman–Crippen LogP) is 2.14. The SMILES string of the molecule is O=C1CC(S)CN1c1c(F)cc(F)cc1F. The molecule has 1 aromatic rings. The number of rotatable bonds is 1. The number of nitrogens with zero attached hydrogens (tertiary/aromatic N) is 1. The Morgan fingerprint density at radius 3 is 2.25 bits per heavy atom. The Morgan fingerprint density at radius 1 is 1.25 bits per heavy atom. The van der Waals surface area contributed by atoms with Gasteiger partial charge >= 0.3 is 0 Å². The highest BCUT2D eigenvalue weighted by molar-refractivity contribution is 7.81. The van der Waals surface area contributed by atoms with Gasteiger partial charge in [-0.1, -0.05) is 0 Å². The number of hydrogen-bond acceptors (Lipinski definition) is 2. The Labute approximate surface area is 95.5 Å². The fraction of sp³-hybridized carbons (Fsp3) is 0.300. The molecule has 0 N–H and O–H groups in total. The van der Waals surface area contributed by atoms with E-state index in [9.17, 15) is 18.0 Å². The Morgan fingerprint density at radius 2 is 1.81 bits per heavy atom. The number of thiol groups is 1. The molecule has 0 bridgehead atoms. The molecule has 1 amide bonds. The predicted molar refractivity (Wildman–Crippen MR) is 56.1 cm³/mol. The molecule has 0 aliphatic carbocycles. The minimum Gasteiger partial charge on any atom is -0.306 e. The monoisotopic (exact) mass is 247 g/mol. The molecular weight excluding hydrogens is 239 g/mol. The van der Waals surface area contributed by atoms with Gasteiger partial charge in [-0.15, -0.1) is 0 Å². The first-order valence-electron chi connectivity index (χ1n) is 4.62. The third kappa shape index (κ3) is 1.89. The van der Waals surface area contributed by atoms with Crippen LogP contribution < -0.4 is 4.90 Å². The van der Waals surface area contributed by atoms with E-state index in [1.54, 1.807) is 0 Å². The first-order valence-corrected chi connectivity index (χ1v) is 5.13. The lowest BCUT2D eigenvalue weighted by atomic mass is 10.2. The van der Waals surface area contributed by atoms with Crippen molar-refractivity contribution in [3.05, 3.63) is 29.6 Å². The van der Waals surface area contributed by atoms with Gasteiger partial charge < -0.3 is 4.90 Å². The molecule has 1 aromatic carbocycles. The van der Waals surface area contributed by atoms with Gasteiger partial charge in [-0.05, 0) is 0 Å². The normalized spacial score (nSPS) is 20.6. The Balaban J connectivity index is 2.44. The van der Waals surface area contributed by atoms with Crippen molar-refractivity contribution in [2.75, 3.05) is 11.4 Å². The van der Waals surface area contributed by atoms with Crippen LogP contribution in [-0.2, 0) is 4.79 Å². The minimum absolute atomic E-state index is 0.124. The van der Waals surface area contributed by atoms with Crippen LogP contribution >= 0.6 is 12.6 Å². The maximum absolute atomic E-state index is 13.4. The number of anilines is 1. The van der Waals surface area contributed by atoms with E-state index < -0.39 is 29.0 Å². The quantitative estimate of drug-likeness (QED) is 0.754. The molecule has 2 nitrogen and oxygen atoms in total. The highest BCUT2D eigenvalue weighted by Crippen LogP contribution is 2.29. The second-order valence-electron chi connectivity index (χ2n) is 3.58. The summed E-state index contributed by atoms with van der Waals surface area (Å²) in [6, 6.07) is 1.11. The average molecular weight is 247 g/mol. The Hall–Kier alpha value is -1.17. The van der Waals surface area contributed by atoms with Crippen LogP contribution in [0.2, 0.25) is 0 Å². The Bertz CT molecular complexity index is 429. The second kappa shape index (κ2) is 4.01. The molecule has 1 aliphatic heterocycles. The molecule has 1 atom stereocenters. The molecule has 1 unspecified atom stereocenters. The van der Waals surface area contributed by atoms with Gasteiger partial charge in [0.1, 0.15) is 11.5 Å². The summed E-state index contributed by atoms with van der Waals surface area (Å²) in [5.74, 6) is -3.57. The summed E-state index contributed by atoms with van der Waals surface area (Å²) < 4.78 is 39.4. The maximum atomic E-state index is 13.4. The highest BCUT2D eigenvalue weighted by atomic mass is 32.1. The average Bonchev–Trinajstić information content (AvgIpc) is 2.43. The van der Waals surface area contributed by atoms with E-state index in [-0.39, 0.29) is 18.2 Å². The summed E-state index contributed by atoms with van der Waals surface area (Å²) >= 11 is 4.07. The summed E-state index contributed by atoms with van der Waals surface area (Å²) in [4.78, 5) is 12.4. The fourth-order valence-corrected chi connectivity index (χ4v) is 2.02. The smallest absolute Gasteiger partial charge is 0.228 e. The number of carbonyl (C=O) groups excluding carboxylic acids is 1. The fourth-order valence-electron chi connectivity index (χ4n) is 1.70. The van der Waals surface area contributed by atoms with E-state index in [1.807, 2.05) is 0 Å². The van der Waals surface area contributed by atoms with Crippen molar-refractivity contribution in [1.82, 2.24) is 0 Å². The summed E-state index contributed by atoms with van der Waals surface area (Å²) in [5, 5.41) is -0.253. The number of benzene rings is 1. The van der Waals surface area contributed by atoms with E-state index in [1.165, 1.54) is 0 Å². The molecule has 0 saturated carbocycles. The highest BCUT2D eigenvalue weighted by Gasteiger charge is 2.32. The van der Waals surface area contributed by atoms with Crippen molar-refractivity contribution in [3.8, 4) is 0 Å². The van der Waals surface area contributed by atoms with E-state index in [0.717, 1.165) is 4.90 Å². The number of amides is 1. The van der Waals surface area contributed by atoms with Crippen LogP contribution in [0.5, 0.6) is 0 Å². The van der Waals surface area contributed by atoms with E-state index in [2.05, 4.69) is 12.6 Å². The van der Waals surface area contributed by atoms with Gasteiger partial charge in [0.15, 0.2) is 11.6 Å². The molecule has 1 saturated heterocycles. The molecular formula is C10H8F3NOS. The number of carbonyl (C=O) groups is 1. The second-order valence-corrected chi connectivity index (χ2v) is 4.31. The van der Waals surface area contributed by atoms with Crippen molar-refractivity contribution in [3.63, 3.8) is 0 Å². The van der Waals surface area contributed by atoms with Crippen LogP contribution in [0.15, 0.2) is 12.1 Å². The molecule has 2 rings (SSSR count). The maximum Gasteiger partial charge on any atom is 0.228 e. The molecule has 86 valence electrons. The van der Waals surface area contributed by atoms with E-state index in [4.69, 9.17) is 0 Å². The van der Waals surface area contributed by atoms with Crippen molar-refractivity contribution in [2.45, 2.75) is 11.7 Å². The van der Waals surface area contributed by atoms with Gasteiger partial charge in [0.05, 0.1) is 0 Å². The lowest BCUT2D eigenvalue weighted by molar-refractivity contribution is -0.117. The van der Waals surface area contributed by atoms with Gasteiger partial charge in [0, 0.05) is 30.3 Å². The number of halogens is 3.